The molecule has 2 atom stereocenters. The molecule has 0 radical (unpaired) electrons. The van der Waals surface area contributed by atoms with Crippen LogP contribution in [0, 0.1) is 5.92 Å². The molecule has 3 rings (SSSR count). The molecule has 0 amide bonds. The van der Waals surface area contributed by atoms with Gasteiger partial charge in [0.2, 0.25) is 0 Å². The lowest BCUT2D eigenvalue weighted by Gasteiger charge is -2.26. The minimum absolute atomic E-state index is 0.0758. The average molecular weight is 269 g/mol. The van der Waals surface area contributed by atoms with Gasteiger partial charge in [-0.2, -0.15) is 0 Å². The van der Waals surface area contributed by atoms with Gasteiger partial charge in [-0.05, 0) is 48.1 Å². The second-order valence-electron chi connectivity index (χ2n) is 5.96. The lowest BCUT2D eigenvalue weighted by Crippen LogP contribution is -2.28. The molecule has 2 aromatic carbocycles. The molecule has 0 saturated heterocycles. The molecule has 1 aliphatic rings. The Hall–Kier alpha value is -1.38. The molecule has 0 aliphatic heterocycles. The highest BCUT2D eigenvalue weighted by atomic mass is 16.3. The molecule has 1 saturated carbocycles. The van der Waals surface area contributed by atoms with Crippen LogP contribution in [-0.4, -0.2) is 17.8 Å². The number of nitrogens with one attached hydrogen (secondary N) is 1. The zero-order valence-electron chi connectivity index (χ0n) is 11.9. The largest absolute Gasteiger partial charge is 0.393 e. The topological polar surface area (TPSA) is 32.3 Å². The average Bonchev–Trinajstić information content (AvgIpc) is 2.48. The summed E-state index contributed by atoms with van der Waals surface area (Å²) >= 11 is 0. The quantitative estimate of drug-likeness (QED) is 0.890. The molecular formula is C18H23NO. The fourth-order valence-electron chi connectivity index (χ4n) is 3.31. The van der Waals surface area contributed by atoms with Crippen molar-refractivity contribution in [2.24, 2.45) is 5.92 Å². The minimum Gasteiger partial charge on any atom is -0.393 e. The van der Waals surface area contributed by atoms with E-state index in [1.54, 1.807) is 0 Å². The standard InChI is InChI=1S/C18H23NO/c20-17-9-3-5-14(11-17)12-19-13-16-8-4-7-15-6-1-2-10-18(15)16/h1-2,4,6-8,10,14,17,19-20H,3,5,9,11-13H2. The van der Waals surface area contributed by atoms with Crippen molar-refractivity contribution in [1.82, 2.24) is 5.32 Å². The van der Waals surface area contributed by atoms with Gasteiger partial charge in [-0.3, -0.25) is 0 Å². The molecule has 2 heteroatoms. The third-order valence-corrected chi connectivity index (χ3v) is 4.38. The Morgan fingerprint density at radius 2 is 1.90 bits per heavy atom. The Morgan fingerprint density at radius 1 is 1.05 bits per heavy atom. The number of benzene rings is 2. The van der Waals surface area contributed by atoms with Crippen LogP contribution in [0.1, 0.15) is 31.2 Å². The van der Waals surface area contributed by atoms with Gasteiger partial charge in [0.1, 0.15) is 0 Å². The van der Waals surface area contributed by atoms with Crippen LogP contribution in [0.2, 0.25) is 0 Å². The van der Waals surface area contributed by atoms with Gasteiger partial charge in [0, 0.05) is 6.54 Å². The Bertz CT molecular complexity index is 561. The molecular weight excluding hydrogens is 246 g/mol. The van der Waals surface area contributed by atoms with Crippen LogP contribution in [0.5, 0.6) is 0 Å². The third kappa shape index (κ3) is 3.20. The monoisotopic (exact) mass is 269 g/mol. The summed E-state index contributed by atoms with van der Waals surface area (Å²) in [6.45, 7) is 1.92. The predicted octanol–water partition coefficient (Wildman–Crippen LogP) is 3.48. The van der Waals surface area contributed by atoms with Crippen molar-refractivity contribution < 1.29 is 5.11 Å². The molecule has 0 heterocycles. The normalized spacial score (nSPS) is 23.1. The number of aliphatic hydroxyl groups is 1. The molecule has 1 fully saturated rings. The van der Waals surface area contributed by atoms with Crippen molar-refractivity contribution in [2.75, 3.05) is 6.54 Å². The maximum absolute atomic E-state index is 9.71. The zero-order valence-corrected chi connectivity index (χ0v) is 11.9. The molecule has 2 aromatic rings. The first-order valence-electron chi connectivity index (χ1n) is 7.68. The van der Waals surface area contributed by atoms with Crippen molar-refractivity contribution in [1.29, 1.82) is 0 Å². The van der Waals surface area contributed by atoms with Gasteiger partial charge in [0.15, 0.2) is 0 Å². The van der Waals surface area contributed by atoms with E-state index in [0.717, 1.165) is 25.9 Å². The van der Waals surface area contributed by atoms with E-state index in [1.807, 2.05) is 0 Å². The van der Waals surface area contributed by atoms with E-state index in [-0.39, 0.29) is 6.10 Å². The summed E-state index contributed by atoms with van der Waals surface area (Å²) in [7, 11) is 0. The Labute approximate surface area is 120 Å². The van der Waals surface area contributed by atoms with Gasteiger partial charge in [-0.1, -0.05) is 48.9 Å². The van der Waals surface area contributed by atoms with Gasteiger partial charge < -0.3 is 10.4 Å². The van der Waals surface area contributed by atoms with Crippen LogP contribution in [0.4, 0.5) is 0 Å². The van der Waals surface area contributed by atoms with Gasteiger partial charge >= 0.3 is 0 Å². The first-order chi connectivity index (χ1) is 9.83. The van der Waals surface area contributed by atoms with Crippen LogP contribution >= 0.6 is 0 Å². The molecule has 2 nitrogen and oxygen atoms in total. The highest BCUT2D eigenvalue weighted by molar-refractivity contribution is 5.85. The summed E-state index contributed by atoms with van der Waals surface area (Å²) in [5, 5.41) is 15.9. The van der Waals surface area contributed by atoms with Crippen LogP contribution in [0.3, 0.4) is 0 Å². The molecule has 2 unspecified atom stereocenters. The second kappa shape index (κ2) is 6.38. The predicted molar refractivity (Wildman–Crippen MR) is 83.6 cm³/mol. The molecule has 106 valence electrons. The van der Waals surface area contributed by atoms with Crippen LogP contribution < -0.4 is 5.32 Å². The highest BCUT2D eigenvalue weighted by Gasteiger charge is 2.19. The third-order valence-electron chi connectivity index (χ3n) is 4.38. The van der Waals surface area contributed by atoms with Crippen molar-refractivity contribution in [2.45, 2.75) is 38.3 Å². The van der Waals surface area contributed by atoms with Crippen LogP contribution in [0.25, 0.3) is 10.8 Å². The number of rotatable bonds is 4. The SMILES string of the molecule is OC1CCCC(CNCc2cccc3ccccc23)C1. The van der Waals surface area contributed by atoms with Crippen LogP contribution in [-0.2, 0) is 6.54 Å². The van der Waals surface area contributed by atoms with E-state index >= 15 is 0 Å². The van der Waals surface area contributed by atoms with Gasteiger partial charge in [0.05, 0.1) is 6.10 Å². The first-order valence-corrected chi connectivity index (χ1v) is 7.68. The van der Waals surface area contributed by atoms with Gasteiger partial charge in [-0.15, -0.1) is 0 Å². The van der Waals surface area contributed by atoms with Crippen molar-refractivity contribution >= 4 is 10.8 Å². The molecule has 0 aromatic heterocycles. The summed E-state index contributed by atoms with van der Waals surface area (Å²) in [6.07, 6.45) is 4.29. The number of hydrogen-bond donors (Lipinski definition) is 2. The fraction of sp³-hybridized carbons (Fsp3) is 0.444. The summed E-state index contributed by atoms with van der Waals surface area (Å²) in [4.78, 5) is 0. The Morgan fingerprint density at radius 3 is 2.80 bits per heavy atom. The van der Waals surface area contributed by atoms with Crippen LogP contribution in [0.15, 0.2) is 42.5 Å². The Kier molecular flexibility index (Phi) is 4.34. The lowest BCUT2D eigenvalue weighted by molar-refractivity contribution is 0.101. The van der Waals surface area contributed by atoms with Crippen molar-refractivity contribution in [3.63, 3.8) is 0 Å². The smallest absolute Gasteiger partial charge is 0.0543 e. The summed E-state index contributed by atoms with van der Waals surface area (Å²) in [6, 6.07) is 15.0. The van der Waals surface area contributed by atoms with E-state index in [0.29, 0.717) is 5.92 Å². The summed E-state index contributed by atoms with van der Waals surface area (Å²) in [5.41, 5.74) is 1.36. The minimum atomic E-state index is -0.0758. The van der Waals surface area contributed by atoms with E-state index in [2.05, 4.69) is 47.8 Å². The molecule has 0 bridgehead atoms. The summed E-state index contributed by atoms with van der Waals surface area (Å²) < 4.78 is 0. The molecule has 20 heavy (non-hydrogen) atoms. The van der Waals surface area contributed by atoms with E-state index in [9.17, 15) is 5.11 Å². The number of hydrogen-bond acceptors (Lipinski definition) is 2. The van der Waals surface area contributed by atoms with Gasteiger partial charge in [0.25, 0.3) is 0 Å². The van der Waals surface area contributed by atoms with Crippen molar-refractivity contribution in [3.05, 3.63) is 48.0 Å². The van der Waals surface area contributed by atoms with E-state index in [4.69, 9.17) is 0 Å². The molecule has 1 aliphatic carbocycles. The second-order valence-corrected chi connectivity index (χ2v) is 5.96. The maximum atomic E-state index is 9.71. The Balaban J connectivity index is 1.60. The summed E-state index contributed by atoms with van der Waals surface area (Å²) in [5.74, 6) is 0.633. The number of aliphatic hydroxyl groups excluding tert-OH is 1. The molecule has 2 N–H and O–H groups in total. The van der Waals surface area contributed by atoms with E-state index in [1.165, 1.54) is 29.2 Å². The lowest BCUT2D eigenvalue weighted by atomic mass is 9.87. The first kappa shape index (κ1) is 13.6. The fourth-order valence-corrected chi connectivity index (χ4v) is 3.31. The zero-order chi connectivity index (χ0) is 13.8. The van der Waals surface area contributed by atoms with E-state index < -0.39 is 0 Å². The highest BCUT2D eigenvalue weighted by Crippen LogP contribution is 2.24. The van der Waals surface area contributed by atoms with Gasteiger partial charge in [-0.25, -0.2) is 0 Å². The number of fused-ring (bicyclic) bond motifs is 1. The molecule has 0 spiro atoms. The maximum Gasteiger partial charge on any atom is 0.0543 e. The van der Waals surface area contributed by atoms with Crippen molar-refractivity contribution in [3.8, 4) is 0 Å².